The van der Waals surface area contributed by atoms with Gasteiger partial charge in [-0.25, -0.2) is 4.99 Å². The Morgan fingerprint density at radius 2 is 1.75 bits per heavy atom. The predicted molar refractivity (Wildman–Crippen MR) is 101 cm³/mol. The van der Waals surface area contributed by atoms with Crippen molar-refractivity contribution in [1.29, 1.82) is 0 Å². The van der Waals surface area contributed by atoms with Crippen LogP contribution in [0.3, 0.4) is 0 Å². The first kappa shape index (κ1) is 16.5. The van der Waals surface area contributed by atoms with Gasteiger partial charge >= 0.3 is 0 Å². The maximum absolute atomic E-state index is 5.21. The van der Waals surface area contributed by atoms with Gasteiger partial charge in [0.25, 0.3) is 0 Å². The number of aromatic nitrogens is 1. The Morgan fingerprint density at radius 1 is 1.04 bits per heavy atom. The van der Waals surface area contributed by atoms with E-state index >= 15 is 0 Å². The molecule has 24 heavy (non-hydrogen) atoms. The van der Waals surface area contributed by atoms with Crippen molar-refractivity contribution in [1.82, 2.24) is 4.57 Å². The zero-order valence-corrected chi connectivity index (χ0v) is 15.1. The average molecular weight is 338 g/mol. The molecule has 0 spiro atoms. The first-order valence-electron chi connectivity index (χ1n) is 8.10. The number of rotatable bonds is 5. The van der Waals surface area contributed by atoms with E-state index in [0.29, 0.717) is 5.92 Å². The van der Waals surface area contributed by atoms with Crippen LogP contribution in [-0.4, -0.2) is 11.7 Å². The van der Waals surface area contributed by atoms with Crippen molar-refractivity contribution in [2.24, 2.45) is 10.9 Å². The van der Waals surface area contributed by atoms with Crippen LogP contribution >= 0.6 is 11.3 Å². The highest BCUT2D eigenvalue weighted by molar-refractivity contribution is 7.07. The summed E-state index contributed by atoms with van der Waals surface area (Å²) in [6.45, 7) is 5.41. The van der Waals surface area contributed by atoms with Gasteiger partial charge in [-0.05, 0) is 35.7 Å². The topological polar surface area (TPSA) is 26.5 Å². The second-order valence-electron chi connectivity index (χ2n) is 6.08. The maximum Gasteiger partial charge on any atom is 0.190 e. The smallest absolute Gasteiger partial charge is 0.190 e. The van der Waals surface area contributed by atoms with Crippen LogP contribution in [0.2, 0.25) is 0 Å². The fourth-order valence-corrected chi connectivity index (χ4v) is 3.51. The second kappa shape index (κ2) is 7.49. The van der Waals surface area contributed by atoms with Gasteiger partial charge in [0, 0.05) is 11.9 Å². The van der Waals surface area contributed by atoms with Gasteiger partial charge in [-0.15, -0.1) is 11.3 Å². The summed E-state index contributed by atoms with van der Waals surface area (Å²) in [6, 6.07) is 18.4. The third kappa shape index (κ3) is 3.77. The zero-order valence-electron chi connectivity index (χ0n) is 14.3. The number of hydrogen-bond donors (Lipinski definition) is 0. The standard InChI is InChI=1S/C20H22N2OS/c1-15(2)13-22-19(16-7-5-4-6-8-16)14-24-20(22)21-17-9-11-18(23-3)12-10-17/h4-12,14-15H,13H2,1-3H3. The van der Waals surface area contributed by atoms with Crippen LogP contribution in [0.5, 0.6) is 5.75 Å². The summed E-state index contributed by atoms with van der Waals surface area (Å²) in [6.07, 6.45) is 0. The highest BCUT2D eigenvalue weighted by Gasteiger charge is 2.09. The summed E-state index contributed by atoms with van der Waals surface area (Å²) in [4.78, 5) is 5.86. The predicted octanol–water partition coefficient (Wildman–Crippen LogP) is 5.11. The lowest BCUT2D eigenvalue weighted by atomic mass is 10.1. The number of hydrogen-bond acceptors (Lipinski definition) is 3. The molecule has 3 nitrogen and oxygen atoms in total. The van der Waals surface area contributed by atoms with Crippen LogP contribution in [0.15, 0.2) is 65.0 Å². The minimum absolute atomic E-state index is 0.553. The Hall–Kier alpha value is -2.33. The molecule has 0 aliphatic carbocycles. The van der Waals surface area contributed by atoms with E-state index in [2.05, 4.69) is 48.1 Å². The van der Waals surface area contributed by atoms with Gasteiger partial charge in [0.15, 0.2) is 4.80 Å². The highest BCUT2D eigenvalue weighted by atomic mass is 32.1. The minimum atomic E-state index is 0.553. The Balaban J connectivity index is 2.06. The molecule has 0 atom stereocenters. The molecule has 0 amide bonds. The van der Waals surface area contributed by atoms with E-state index in [1.165, 1.54) is 11.3 Å². The quantitative estimate of drug-likeness (QED) is 0.634. The van der Waals surface area contributed by atoms with Crippen molar-refractivity contribution in [2.45, 2.75) is 20.4 Å². The molecule has 0 fully saturated rings. The normalized spacial score (nSPS) is 11.9. The molecule has 0 aliphatic rings. The summed E-state index contributed by atoms with van der Waals surface area (Å²) in [5, 5.41) is 2.19. The van der Waals surface area contributed by atoms with Crippen molar-refractivity contribution in [3.8, 4) is 17.0 Å². The van der Waals surface area contributed by atoms with Crippen molar-refractivity contribution in [2.75, 3.05) is 7.11 Å². The van der Waals surface area contributed by atoms with Gasteiger partial charge in [-0.3, -0.25) is 0 Å². The molecular formula is C20H22N2OS. The van der Waals surface area contributed by atoms with Crippen LogP contribution in [0.1, 0.15) is 13.8 Å². The van der Waals surface area contributed by atoms with Crippen molar-refractivity contribution in [3.05, 3.63) is 64.8 Å². The van der Waals surface area contributed by atoms with Crippen LogP contribution in [0.25, 0.3) is 11.3 Å². The molecule has 124 valence electrons. The summed E-state index contributed by atoms with van der Waals surface area (Å²) in [5.41, 5.74) is 3.39. The van der Waals surface area contributed by atoms with Crippen molar-refractivity contribution >= 4 is 17.0 Å². The first-order chi connectivity index (χ1) is 11.7. The fraction of sp³-hybridized carbons (Fsp3) is 0.250. The van der Waals surface area contributed by atoms with Gasteiger partial charge in [-0.2, -0.15) is 0 Å². The molecule has 2 aromatic carbocycles. The van der Waals surface area contributed by atoms with E-state index < -0.39 is 0 Å². The van der Waals surface area contributed by atoms with E-state index in [1.54, 1.807) is 18.4 Å². The van der Waals surface area contributed by atoms with Crippen molar-refractivity contribution in [3.63, 3.8) is 0 Å². The first-order valence-corrected chi connectivity index (χ1v) is 8.98. The van der Waals surface area contributed by atoms with E-state index in [1.807, 2.05) is 30.3 Å². The summed E-state index contributed by atoms with van der Waals surface area (Å²) in [5.74, 6) is 1.40. The van der Waals surface area contributed by atoms with E-state index in [9.17, 15) is 0 Å². The molecule has 0 saturated carbocycles. The number of nitrogens with zero attached hydrogens (tertiary/aromatic N) is 2. The Labute approximate surface area is 146 Å². The number of methoxy groups -OCH3 is 1. The van der Waals surface area contributed by atoms with Crippen LogP contribution in [0.4, 0.5) is 5.69 Å². The summed E-state index contributed by atoms with van der Waals surface area (Å²) in [7, 11) is 1.67. The molecular weight excluding hydrogens is 316 g/mol. The highest BCUT2D eigenvalue weighted by Crippen LogP contribution is 2.22. The van der Waals surface area contributed by atoms with Crippen LogP contribution in [0, 0.1) is 5.92 Å². The lowest BCUT2D eigenvalue weighted by Crippen LogP contribution is -2.18. The number of thiazole rings is 1. The average Bonchev–Trinajstić information content (AvgIpc) is 2.98. The zero-order chi connectivity index (χ0) is 16.9. The molecule has 0 N–H and O–H groups in total. The third-order valence-corrected chi connectivity index (χ3v) is 4.58. The Morgan fingerprint density at radius 3 is 2.38 bits per heavy atom. The Bertz CT molecular complexity index is 845. The molecule has 0 saturated heterocycles. The van der Waals surface area contributed by atoms with Crippen LogP contribution in [-0.2, 0) is 6.54 Å². The fourth-order valence-electron chi connectivity index (χ4n) is 2.57. The molecule has 0 radical (unpaired) electrons. The number of benzene rings is 2. The monoisotopic (exact) mass is 338 g/mol. The maximum atomic E-state index is 5.21. The van der Waals surface area contributed by atoms with Crippen LogP contribution < -0.4 is 9.54 Å². The largest absolute Gasteiger partial charge is 0.497 e. The minimum Gasteiger partial charge on any atom is -0.497 e. The molecule has 0 unspecified atom stereocenters. The van der Waals surface area contributed by atoms with Gasteiger partial charge in [-0.1, -0.05) is 44.2 Å². The lowest BCUT2D eigenvalue weighted by molar-refractivity contribution is 0.415. The van der Waals surface area contributed by atoms with E-state index in [0.717, 1.165) is 22.8 Å². The van der Waals surface area contributed by atoms with Crippen molar-refractivity contribution < 1.29 is 4.74 Å². The third-order valence-electron chi connectivity index (χ3n) is 3.71. The molecule has 3 aromatic rings. The Kier molecular flexibility index (Phi) is 5.16. The van der Waals surface area contributed by atoms with Gasteiger partial charge in [0.2, 0.25) is 0 Å². The van der Waals surface area contributed by atoms with E-state index in [4.69, 9.17) is 9.73 Å². The molecule has 0 bridgehead atoms. The van der Waals surface area contributed by atoms with Gasteiger partial charge in [0.05, 0.1) is 18.5 Å². The molecule has 1 aromatic heterocycles. The lowest BCUT2D eigenvalue weighted by Gasteiger charge is -2.11. The van der Waals surface area contributed by atoms with E-state index in [-0.39, 0.29) is 0 Å². The molecule has 4 heteroatoms. The SMILES string of the molecule is COc1ccc(N=c2scc(-c3ccccc3)n2CC(C)C)cc1. The summed E-state index contributed by atoms with van der Waals surface area (Å²) >= 11 is 1.68. The number of ether oxygens (including phenoxy) is 1. The molecule has 1 heterocycles. The summed E-state index contributed by atoms with van der Waals surface area (Å²) < 4.78 is 7.53. The second-order valence-corrected chi connectivity index (χ2v) is 6.92. The molecule has 0 aliphatic heterocycles. The van der Waals surface area contributed by atoms with Gasteiger partial charge in [0.1, 0.15) is 5.75 Å². The van der Waals surface area contributed by atoms with Gasteiger partial charge < -0.3 is 9.30 Å². The molecule has 3 rings (SSSR count).